The molecule has 2 unspecified atom stereocenters. The molecule has 2 heterocycles. The zero-order valence-corrected chi connectivity index (χ0v) is 16.3. The minimum atomic E-state index is -4.49. The Morgan fingerprint density at radius 3 is 2.60 bits per heavy atom. The largest absolute Gasteiger partial charge is 0.616 e. The topological polar surface area (TPSA) is 120 Å². The van der Waals surface area contributed by atoms with Gasteiger partial charge in [0.1, 0.15) is 11.7 Å². The van der Waals surface area contributed by atoms with Crippen LogP contribution in [0.1, 0.15) is 17.7 Å². The number of carbonyl (C=O) groups is 2. The summed E-state index contributed by atoms with van der Waals surface area (Å²) < 4.78 is 51.0. The first-order valence-electron chi connectivity index (χ1n) is 8.85. The molecule has 2 atom stereocenters. The number of primary amides is 1. The summed E-state index contributed by atoms with van der Waals surface area (Å²) in [5.41, 5.74) is 5.12. The zero-order chi connectivity index (χ0) is 21.9. The third-order valence-electron chi connectivity index (χ3n) is 4.47. The maximum Gasteiger partial charge on any atom is 0.418 e. The number of amides is 2. The molecule has 2 aromatic rings. The van der Waals surface area contributed by atoms with E-state index in [4.69, 9.17) is 5.73 Å². The van der Waals surface area contributed by atoms with Gasteiger partial charge in [-0.1, -0.05) is 12.1 Å². The average molecular weight is 439 g/mol. The van der Waals surface area contributed by atoms with Gasteiger partial charge >= 0.3 is 6.18 Å². The number of nitrogens with zero attached hydrogens (tertiary/aromatic N) is 1. The fraction of sp³-hybridized carbons (Fsp3) is 0.263. The normalized spacial score (nSPS) is 19.5. The van der Waals surface area contributed by atoms with E-state index in [9.17, 15) is 27.3 Å². The van der Waals surface area contributed by atoms with Crippen molar-refractivity contribution in [3.8, 4) is 0 Å². The average Bonchev–Trinajstić information content (AvgIpc) is 3.08. The van der Waals surface area contributed by atoms with E-state index >= 15 is 0 Å². The molecule has 0 spiro atoms. The van der Waals surface area contributed by atoms with Crippen LogP contribution in [-0.4, -0.2) is 32.4 Å². The number of para-hydroxylation sites is 1. The summed E-state index contributed by atoms with van der Waals surface area (Å²) >= 11 is -1.50. The van der Waals surface area contributed by atoms with Crippen molar-refractivity contribution < 1.29 is 27.3 Å². The highest BCUT2D eigenvalue weighted by atomic mass is 32.2. The number of rotatable bonds is 6. The van der Waals surface area contributed by atoms with Crippen molar-refractivity contribution in [2.24, 2.45) is 5.73 Å². The van der Waals surface area contributed by atoms with Crippen LogP contribution in [0.3, 0.4) is 0 Å². The number of halogens is 3. The Labute approximate surface area is 173 Å². The summed E-state index contributed by atoms with van der Waals surface area (Å²) in [7, 11) is 0. The quantitative estimate of drug-likeness (QED) is 0.595. The Morgan fingerprint density at radius 2 is 1.97 bits per heavy atom. The van der Waals surface area contributed by atoms with Crippen molar-refractivity contribution in [3.63, 3.8) is 0 Å². The highest BCUT2D eigenvalue weighted by molar-refractivity contribution is 7.93. The molecule has 1 radical (unpaired) electrons. The van der Waals surface area contributed by atoms with Gasteiger partial charge in [-0.15, -0.1) is 0 Å². The second-order valence-corrected chi connectivity index (χ2v) is 8.17. The van der Waals surface area contributed by atoms with E-state index in [1.807, 2.05) is 0 Å². The van der Waals surface area contributed by atoms with Crippen LogP contribution in [0.5, 0.6) is 0 Å². The second-order valence-electron chi connectivity index (χ2n) is 6.53. The summed E-state index contributed by atoms with van der Waals surface area (Å²) in [6.07, 6.45) is -2.93. The molecular formula is C19H18F3N4O3S. The fourth-order valence-electron chi connectivity index (χ4n) is 3.03. The molecule has 1 aliphatic heterocycles. The van der Waals surface area contributed by atoms with Crippen molar-refractivity contribution in [2.75, 3.05) is 11.1 Å². The molecule has 30 heavy (non-hydrogen) atoms. The van der Waals surface area contributed by atoms with Crippen molar-refractivity contribution >= 4 is 34.4 Å². The van der Waals surface area contributed by atoms with E-state index in [-0.39, 0.29) is 30.3 Å². The molecule has 7 nitrogen and oxygen atoms in total. The monoisotopic (exact) mass is 439 g/mol. The number of benzene rings is 1. The minimum Gasteiger partial charge on any atom is -0.616 e. The molecule has 2 amide bonds. The van der Waals surface area contributed by atoms with Crippen molar-refractivity contribution in [2.45, 2.75) is 24.4 Å². The molecule has 4 N–H and O–H groups in total. The van der Waals surface area contributed by atoms with E-state index in [1.54, 1.807) is 6.07 Å². The van der Waals surface area contributed by atoms with Crippen LogP contribution in [0.2, 0.25) is 0 Å². The Kier molecular flexibility index (Phi) is 6.52. The Hall–Kier alpha value is -2.79. The van der Waals surface area contributed by atoms with Gasteiger partial charge < -0.3 is 20.9 Å². The summed E-state index contributed by atoms with van der Waals surface area (Å²) in [5, 5.41) is 4.19. The van der Waals surface area contributed by atoms with E-state index < -0.39 is 40.0 Å². The maximum absolute atomic E-state index is 13.1. The predicted molar refractivity (Wildman–Crippen MR) is 105 cm³/mol. The number of hydrogen-bond acceptors (Lipinski definition) is 5. The Morgan fingerprint density at radius 1 is 1.23 bits per heavy atom. The fourth-order valence-corrected chi connectivity index (χ4v) is 4.49. The van der Waals surface area contributed by atoms with E-state index in [0.29, 0.717) is 11.4 Å². The molecule has 11 heteroatoms. The van der Waals surface area contributed by atoms with Crippen LogP contribution in [0.25, 0.3) is 0 Å². The lowest BCUT2D eigenvalue weighted by Gasteiger charge is -2.16. The molecule has 1 aromatic heterocycles. The number of nitrogens with one attached hydrogen (secondary N) is 2. The molecule has 1 saturated heterocycles. The van der Waals surface area contributed by atoms with Gasteiger partial charge in [-0.3, -0.25) is 14.6 Å². The standard InChI is InChI=1S/C19H18F3N4O3S/c20-19(21,22)14-3-1-2-4-15(14)26-12-6-5-11(24-10-12)9-25-18(28)13-7-8-30(29)16(13)17(23)27/h1-6,10,16,26H,7-9H2,(H2,23,27)(H,25,28). The number of hydrogen-bond donors (Lipinski definition) is 3. The van der Waals surface area contributed by atoms with Gasteiger partial charge in [0.05, 0.1) is 35.4 Å². The number of alkyl halides is 3. The summed E-state index contributed by atoms with van der Waals surface area (Å²) in [5.74, 6) is -0.937. The van der Waals surface area contributed by atoms with Gasteiger partial charge in [-0.2, -0.15) is 13.2 Å². The lowest BCUT2D eigenvalue weighted by Crippen LogP contribution is -2.42. The van der Waals surface area contributed by atoms with Gasteiger partial charge in [0.2, 0.25) is 11.2 Å². The second kappa shape index (κ2) is 8.92. The molecular weight excluding hydrogens is 421 g/mol. The molecule has 1 aromatic carbocycles. The highest BCUT2D eigenvalue weighted by Crippen LogP contribution is 2.35. The molecule has 1 aliphatic rings. The van der Waals surface area contributed by atoms with Crippen LogP contribution >= 0.6 is 0 Å². The number of anilines is 2. The lowest BCUT2D eigenvalue weighted by molar-refractivity contribution is -0.137. The van der Waals surface area contributed by atoms with Crippen LogP contribution < -0.4 is 16.4 Å². The SMILES string of the molecule is NC(=O)C1[C](C(=O)NCc2ccc(Nc3ccccc3C(F)(F)F)cn2)CC[S+]1[O-]. The molecule has 159 valence electrons. The van der Waals surface area contributed by atoms with Crippen molar-refractivity contribution in [3.05, 3.63) is 59.8 Å². The lowest BCUT2D eigenvalue weighted by atomic mass is 10.0. The first kappa shape index (κ1) is 21.9. The third-order valence-corrected chi connectivity index (χ3v) is 6.12. The van der Waals surface area contributed by atoms with E-state index in [0.717, 1.165) is 6.07 Å². The van der Waals surface area contributed by atoms with Gasteiger partial charge in [-0.25, -0.2) is 0 Å². The first-order chi connectivity index (χ1) is 14.2. The third kappa shape index (κ3) is 5.03. The molecule has 0 bridgehead atoms. The van der Waals surface area contributed by atoms with Crippen LogP contribution in [-0.2, 0) is 33.5 Å². The maximum atomic E-state index is 13.1. The smallest absolute Gasteiger partial charge is 0.418 e. The van der Waals surface area contributed by atoms with E-state index in [2.05, 4.69) is 15.6 Å². The van der Waals surface area contributed by atoms with Crippen molar-refractivity contribution in [1.29, 1.82) is 0 Å². The number of nitrogens with two attached hydrogens (primary N) is 1. The minimum absolute atomic E-state index is 0.0276. The Bertz CT molecular complexity index is 924. The van der Waals surface area contributed by atoms with Crippen LogP contribution in [0.4, 0.5) is 24.5 Å². The zero-order valence-electron chi connectivity index (χ0n) is 15.5. The van der Waals surface area contributed by atoms with Crippen LogP contribution in [0, 0.1) is 5.92 Å². The number of carbonyl (C=O) groups excluding carboxylic acids is 2. The number of aromatic nitrogens is 1. The molecule has 3 rings (SSSR count). The van der Waals surface area contributed by atoms with Gasteiger partial charge in [0.25, 0.3) is 5.91 Å². The molecule has 1 fully saturated rings. The van der Waals surface area contributed by atoms with Crippen LogP contribution in [0.15, 0.2) is 42.6 Å². The highest BCUT2D eigenvalue weighted by Gasteiger charge is 2.47. The van der Waals surface area contributed by atoms with E-state index in [1.165, 1.54) is 30.5 Å². The summed E-state index contributed by atoms with van der Waals surface area (Å²) in [6.45, 7) is 0.0276. The predicted octanol–water partition coefficient (Wildman–Crippen LogP) is 2.04. The molecule has 0 aliphatic carbocycles. The van der Waals surface area contributed by atoms with Gasteiger partial charge in [-0.05, 0) is 35.4 Å². The molecule has 0 saturated carbocycles. The first-order valence-corrected chi connectivity index (χ1v) is 10.2. The summed E-state index contributed by atoms with van der Waals surface area (Å²) in [4.78, 5) is 27.8. The van der Waals surface area contributed by atoms with Gasteiger partial charge in [0, 0.05) is 6.42 Å². The Balaban J connectivity index is 1.61. The van der Waals surface area contributed by atoms with Crippen molar-refractivity contribution in [1.82, 2.24) is 10.3 Å². The number of pyridine rings is 1. The summed E-state index contributed by atoms with van der Waals surface area (Å²) in [6, 6.07) is 8.16. The van der Waals surface area contributed by atoms with Gasteiger partial charge in [0.15, 0.2) is 0 Å².